The second-order valence-corrected chi connectivity index (χ2v) is 11.4. The molecule has 3 aromatic rings. The lowest BCUT2D eigenvalue weighted by Gasteiger charge is -2.37. The summed E-state index contributed by atoms with van der Waals surface area (Å²) in [6, 6.07) is 6.25. The molecule has 0 spiro atoms. The molecule has 2 N–H and O–H groups in total. The third-order valence-corrected chi connectivity index (χ3v) is 8.57. The first-order valence-electron chi connectivity index (χ1n) is 13.9. The molecule has 0 unspecified atom stereocenters. The van der Waals surface area contributed by atoms with Crippen molar-refractivity contribution >= 4 is 45.4 Å². The van der Waals surface area contributed by atoms with Gasteiger partial charge in [-0.05, 0) is 37.0 Å². The van der Waals surface area contributed by atoms with Gasteiger partial charge in [0, 0.05) is 50.4 Å². The Bertz CT molecular complexity index is 1540. The van der Waals surface area contributed by atoms with E-state index in [1.165, 1.54) is 4.57 Å². The molecule has 2 aromatic heterocycles. The number of fused-ring (bicyclic) bond motifs is 3. The minimum atomic E-state index is -3.10. The number of benzene rings is 1. The SMILES string of the molecule is Cn1c(=O)c2c(c3cc(Nc4cc(N5CCN(C6OCCO6)CC5)ncc4Cl)ccc31)N[C@@H](C1CC1)C(F)(F)CO2. The van der Waals surface area contributed by atoms with Crippen LogP contribution < -0.4 is 25.8 Å². The van der Waals surface area contributed by atoms with E-state index in [0.29, 0.717) is 46.2 Å². The molecular weight excluding hydrogens is 558 g/mol. The van der Waals surface area contributed by atoms with Crippen molar-refractivity contribution < 1.29 is 23.0 Å². The van der Waals surface area contributed by atoms with Crippen molar-refractivity contribution in [1.82, 2.24) is 14.5 Å². The Hall–Kier alpha value is -3.19. The zero-order valence-electron chi connectivity index (χ0n) is 22.5. The number of pyridine rings is 2. The molecule has 3 aliphatic heterocycles. The van der Waals surface area contributed by atoms with E-state index in [1.54, 1.807) is 19.3 Å². The van der Waals surface area contributed by atoms with Crippen LogP contribution in [0.25, 0.3) is 10.9 Å². The Balaban J connectivity index is 1.18. The molecule has 0 radical (unpaired) electrons. The predicted molar refractivity (Wildman–Crippen MR) is 152 cm³/mol. The van der Waals surface area contributed by atoms with Gasteiger partial charge in [-0.2, -0.15) is 0 Å². The van der Waals surface area contributed by atoms with E-state index < -0.39 is 24.1 Å². The second-order valence-electron chi connectivity index (χ2n) is 11.0. The summed E-state index contributed by atoms with van der Waals surface area (Å²) in [6.45, 7) is 3.46. The molecule has 41 heavy (non-hydrogen) atoms. The topological polar surface area (TPSA) is 93.1 Å². The molecule has 2 saturated heterocycles. The normalized spacial score (nSPS) is 23.1. The van der Waals surface area contributed by atoms with Crippen LogP contribution in [0.2, 0.25) is 5.02 Å². The first kappa shape index (κ1) is 26.7. The molecule has 1 saturated carbocycles. The zero-order valence-corrected chi connectivity index (χ0v) is 23.3. The first-order valence-corrected chi connectivity index (χ1v) is 14.2. The van der Waals surface area contributed by atoms with Gasteiger partial charge < -0.3 is 34.3 Å². The number of hydrogen-bond donors (Lipinski definition) is 2. The van der Waals surface area contributed by atoms with Crippen LogP contribution in [0.3, 0.4) is 0 Å². The van der Waals surface area contributed by atoms with E-state index in [1.807, 2.05) is 18.2 Å². The average Bonchev–Trinajstić information content (AvgIpc) is 3.68. The van der Waals surface area contributed by atoms with Gasteiger partial charge in [-0.15, -0.1) is 0 Å². The third-order valence-electron chi connectivity index (χ3n) is 8.27. The van der Waals surface area contributed by atoms with Crippen LogP contribution in [0, 0.1) is 5.92 Å². The van der Waals surface area contributed by atoms with E-state index in [2.05, 4.69) is 25.4 Å². The second kappa shape index (κ2) is 10.3. The van der Waals surface area contributed by atoms with Crippen molar-refractivity contribution in [3.63, 3.8) is 0 Å². The molecule has 7 rings (SSSR count). The maximum atomic E-state index is 15.0. The van der Waals surface area contributed by atoms with Crippen molar-refractivity contribution in [3.8, 4) is 5.75 Å². The van der Waals surface area contributed by atoms with Crippen LogP contribution >= 0.6 is 11.6 Å². The highest BCUT2D eigenvalue weighted by Crippen LogP contribution is 2.45. The van der Waals surface area contributed by atoms with Gasteiger partial charge in [0.2, 0.25) is 12.2 Å². The van der Waals surface area contributed by atoms with E-state index in [9.17, 15) is 13.6 Å². The molecular formula is C28H31ClF2N6O4. The molecule has 0 amide bonds. The van der Waals surface area contributed by atoms with Gasteiger partial charge in [-0.3, -0.25) is 9.69 Å². The van der Waals surface area contributed by atoms with Crippen LogP contribution in [0.1, 0.15) is 12.8 Å². The van der Waals surface area contributed by atoms with Crippen molar-refractivity contribution in [2.45, 2.75) is 31.2 Å². The zero-order chi connectivity index (χ0) is 28.3. The van der Waals surface area contributed by atoms with Gasteiger partial charge in [0.1, 0.15) is 5.82 Å². The van der Waals surface area contributed by atoms with Gasteiger partial charge in [0.15, 0.2) is 6.61 Å². The molecule has 13 heteroatoms. The monoisotopic (exact) mass is 588 g/mol. The summed E-state index contributed by atoms with van der Waals surface area (Å²) in [5, 5.41) is 7.43. The van der Waals surface area contributed by atoms with Crippen LogP contribution in [0.4, 0.5) is 31.7 Å². The van der Waals surface area contributed by atoms with E-state index in [-0.39, 0.29) is 18.1 Å². The van der Waals surface area contributed by atoms with Crippen LogP contribution in [-0.2, 0) is 16.5 Å². The Labute approximate surface area is 240 Å². The Morgan fingerprint density at radius 3 is 2.61 bits per heavy atom. The number of nitrogens with one attached hydrogen (secondary N) is 2. The number of halogens is 3. The van der Waals surface area contributed by atoms with Gasteiger partial charge in [-0.1, -0.05) is 11.6 Å². The molecule has 1 atom stereocenters. The van der Waals surface area contributed by atoms with Gasteiger partial charge in [0.25, 0.3) is 5.56 Å². The Morgan fingerprint density at radius 1 is 1.12 bits per heavy atom. The fraction of sp³-hybridized carbons (Fsp3) is 0.500. The van der Waals surface area contributed by atoms with E-state index in [4.69, 9.17) is 25.8 Å². The number of hydrogen-bond acceptors (Lipinski definition) is 9. The minimum Gasteiger partial charge on any atom is -0.480 e. The standard InChI is InChI=1S/C28H31ClF2N6O4/c1-35-21-5-4-17(12-18(21)23-24(26(35)38)41-15-28(30,31)25(34-23)16-2-3-16)33-20-13-22(32-14-19(20)29)36-6-8-37(9-7-36)27-39-10-11-40-27/h4-5,12-14,16,25,27,34H,2-3,6-11,15H2,1H3,(H,32,33)/t25-/m0/s1. The number of aromatic nitrogens is 2. The number of anilines is 4. The average molecular weight is 589 g/mol. The number of piperazine rings is 1. The number of ether oxygens (including phenoxy) is 3. The Morgan fingerprint density at radius 2 is 1.88 bits per heavy atom. The van der Waals surface area contributed by atoms with Crippen LogP contribution in [0.5, 0.6) is 5.75 Å². The maximum Gasteiger partial charge on any atom is 0.301 e. The van der Waals surface area contributed by atoms with Crippen LogP contribution in [-0.4, -0.2) is 78.8 Å². The van der Waals surface area contributed by atoms with Crippen molar-refractivity contribution in [2.24, 2.45) is 13.0 Å². The number of rotatable bonds is 5. The van der Waals surface area contributed by atoms with Crippen molar-refractivity contribution in [2.75, 3.05) is 61.5 Å². The molecule has 218 valence electrons. The minimum absolute atomic E-state index is 0.0863. The molecule has 5 heterocycles. The molecule has 1 aliphatic carbocycles. The lowest BCUT2D eigenvalue weighted by molar-refractivity contribution is -0.153. The molecule has 10 nitrogen and oxygen atoms in total. The Kier molecular flexibility index (Phi) is 6.68. The molecule has 4 aliphatic rings. The molecule has 0 bridgehead atoms. The summed E-state index contributed by atoms with van der Waals surface area (Å²) in [6.07, 6.45) is 2.78. The van der Waals surface area contributed by atoms with Crippen LogP contribution in [0.15, 0.2) is 35.3 Å². The van der Waals surface area contributed by atoms with Gasteiger partial charge in [-0.25, -0.2) is 13.8 Å². The summed E-state index contributed by atoms with van der Waals surface area (Å²) in [7, 11) is 1.61. The summed E-state index contributed by atoms with van der Waals surface area (Å²) >= 11 is 6.54. The smallest absolute Gasteiger partial charge is 0.301 e. The van der Waals surface area contributed by atoms with Crippen molar-refractivity contribution in [1.29, 1.82) is 0 Å². The van der Waals surface area contributed by atoms with E-state index >= 15 is 0 Å². The number of aryl methyl sites for hydroxylation is 1. The molecule has 1 aromatic carbocycles. The van der Waals surface area contributed by atoms with Gasteiger partial charge in [0.05, 0.1) is 47.4 Å². The third kappa shape index (κ3) is 4.96. The highest BCUT2D eigenvalue weighted by atomic mass is 35.5. The van der Waals surface area contributed by atoms with Crippen molar-refractivity contribution in [3.05, 3.63) is 45.8 Å². The summed E-state index contributed by atoms with van der Waals surface area (Å²) in [5.74, 6) is -2.56. The predicted octanol–water partition coefficient (Wildman–Crippen LogP) is 4.00. The largest absolute Gasteiger partial charge is 0.480 e. The molecule has 3 fully saturated rings. The summed E-state index contributed by atoms with van der Waals surface area (Å²) in [4.78, 5) is 22.0. The summed E-state index contributed by atoms with van der Waals surface area (Å²) in [5.41, 5.74) is 1.78. The number of alkyl halides is 2. The lowest BCUT2D eigenvalue weighted by Crippen LogP contribution is -2.51. The highest BCUT2D eigenvalue weighted by Gasteiger charge is 2.51. The van der Waals surface area contributed by atoms with E-state index in [0.717, 1.165) is 44.8 Å². The summed E-state index contributed by atoms with van der Waals surface area (Å²) < 4.78 is 48.1. The van der Waals surface area contributed by atoms with Gasteiger partial charge >= 0.3 is 5.92 Å². The maximum absolute atomic E-state index is 15.0. The fourth-order valence-corrected chi connectivity index (χ4v) is 6.01. The number of nitrogens with zero attached hydrogens (tertiary/aromatic N) is 4. The first-order chi connectivity index (χ1) is 19.8. The quantitative estimate of drug-likeness (QED) is 0.459. The lowest BCUT2D eigenvalue weighted by atomic mass is 10.0. The highest BCUT2D eigenvalue weighted by molar-refractivity contribution is 6.33. The fourth-order valence-electron chi connectivity index (χ4n) is 5.86.